The molecule has 0 unspecified atom stereocenters. The van der Waals surface area contributed by atoms with Gasteiger partial charge >= 0.3 is 7.60 Å². The van der Waals surface area contributed by atoms with Crippen LogP contribution in [-0.2, 0) is 13.6 Å². The van der Waals surface area contributed by atoms with E-state index in [2.05, 4.69) is 10.3 Å². The summed E-state index contributed by atoms with van der Waals surface area (Å²) in [6.07, 6.45) is 1.63. The third-order valence-electron chi connectivity index (χ3n) is 3.25. The third-order valence-corrected chi connectivity index (χ3v) is 5.92. The number of hydrogen-bond donors (Lipinski definition) is 1. The maximum Gasteiger partial charge on any atom is 0.358 e. The first-order valence-corrected chi connectivity index (χ1v) is 10.4. The Morgan fingerprint density at radius 1 is 0.963 bits per heavy atom. The SMILES string of the molecule is CC(C)(C)OP(=O)(OC(C)(C)C)[C@H](Nc1ccccn1)c1ccc(F)cc1. The molecule has 0 bridgehead atoms. The minimum absolute atomic E-state index is 0.376. The molecule has 1 aromatic carbocycles. The Labute approximate surface area is 160 Å². The number of nitrogens with zero attached hydrogens (tertiary/aromatic N) is 1. The number of aromatic nitrogens is 1. The van der Waals surface area contributed by atoms with Crippen LogP contribution in [0.5, 0.6) is 0 Å². The van der Waals surface area contributed by atoms with E-state index in [1.54, 1.807) is 30.5 Å². The fourth-order valence-electron chi connectivity index (χ4n) is 2.47. The number of halogens is 1. The van der Waals surface area contributed by atoms with Gasteiger partial charge in [0.2, 0.25) is 0 Å². The van der Waals surface area contributed by atoms with Crippen LogP contribution < -0.4 is 5.32 Å². The Hall–Kier alpha value is -1.75. The highest BCUT2D eigenvalue weighted by molar-refractivity contribution is 7.54. The first-order valence-electron chi connectivity index (χ1n) is 8.82. The van der Waals surface area contributed by atoms with Gasteiger partial charge in [-0.1, -0.05) is 18.2 Å². The van der Waals surface area contributed by atoms with E-state index in [4.69, 9.17) is 9.05 Å². The molecule has 0 spiro atoms. The highest BCUT2D eigenvalue weighted by atomic mass is 31.2. The zero-order valence-corrected chi connectivity index (χ0v) is 17.6. The lowest BCUT2D eigenvalue weighted by molar-refractivity contribution is 0.0460. The predicted octanol–water partition coefficient (Wildman–Crippen LogP) is 6.15. The monoisotopic (exact) mass is 394 g/mol. The van der Waals surface area contributed by atoms with Gasteiger partial charge in [-0.2, -0.15) is 0 Å². The normalized spacial score (nSPS) is 14.0. The summed E-state index contributed by atoms with van der Waals surface area (Å²) in [5, 5.41) is 3.15. The summed E-state index contributed by atoms with van der Waals surface area (Å²) in [7, 11) is -3.75. The van der Waals surface area contributed by atoms with Gasteiger partial charge in [-0.25, -0.2) is 9.37 Å². The van der Waals surface area contributed by atoms with Crippen molar-refractivity contribution in [2.24, 2.45) is 0 Å². The van der Waals surface area contributed by atoms with Gasteiger partial charge in [-0.15, -0.1) is 0 Å². The fourth-order valence-corrected chi connectivity index (χ4v) is 5.07. The quantitative estimate of drug-likeness (QED) is 0.595. The molecular formula is C20H28FN2O3P. The van der Waals surface area contributed by atoms with Crippen LogP contribution >= 0.6 is 7.60 Å². The summed E-state index contributed by atoms with van der Waals surface area (Å²) in [5.74, 6) is -0.716. The lowest BCUT2D eigenvalue weighted by Crippen LogP contribution is -2.28. The van der Waals surface area contributed by atoms with E-state index in [1.807, 2.05) is 47.6 Å². The Balaban J connectivity index is 2.54. The van der Waals surface area contributed by atoms with E-state index in [-0.39, 0.29) is 5.82 Å². The number of pyridine rings is 1. The fraction of sp³-hybridized carbons (Fsp3) is 0.450. The van der Waals surface area contributed by atoms with E-state index in [0.29, 0.717) is 11.4 Å². The zero-order valence-electron chi connectivity index (χ0n) is 16.7. The van der Waals surface area contributed by atoms with Crippen molar-refractivity contribution in [3.05, 3.63) is 60.0 Å². The van der Waals surface area contributed by atoms with E-state index in [0.717, 1.165) is 0 Å². The summed E-state index contributed by atoms with van der Waals surface area (Å²) >= 11 is 0. The Morgan fingerprint density at radius 3 is 1.96 bits per heavy atom. The molecular weight excluding hydrogens is 366 g/mol. The lowest BCUT2D eigenvalue weighted by Gasteiger charge is -2.36. The second-order valence-electron chi connectivity index (χ2n) is 8.26. The van der Waals surface area contributed by atoms with Crippen molar-refractivity contribution in [1.29, 1.82) is 0 Å². The van der Waals surface area contributed by atoms with Crippen molar-refractivity contribution in [3.63, 3.8) is 0 Å². The Kier molecular flexibility index (Phi) is 6.46. The van der Waals surface area contributed by atoms with Gasteiger partial charge in [-0.3, -0.25) is 4.57 Å². The van der Waals surface area contributed by atoms with Crippen LogP contribution in [0.4, 0.5) is 10.2 Å². The zero-order chi connectivity index (χ0) is 20.3. The van der Waals surface area contributed by atoms with E-state index in [1.165, 1.54) is 12.1 Å². The number of anilines is 1. The first kappa shape index (κ1) is 21.5. The maximum absolute atomic E-state index is 14.0. The molecule has 1 atom stereocenters. The van der Waals surface area contributed by atoms with Crippen molar-refractivity contribution in [2.75, 3.05) is 5.32 Å². The number of hydrogen-bond acceptors (Lipinski definition) is 5. The predicted molar refractivity (Wildman–Crippen MR) is 106 cm³/mol. The number of nitrogens with one attached hydrogen (secondary N) is 1. The summed E-state index contributed by atoms with van der Waals surface area (Å²) < 4.78 is 39.4. The molecule has 2 aromatic rings. The molecule has 0 saturated heterocycles. The minimum atomic E-state index is -3.75. The van der Waals surface area contributed by atoms with Crippen LogP contribution in [0.15, 0.2) is 48.7 Å². The summed E-state index contributed by atoms with van der Waals surface area (Å²) in [6.45, 7) is 10.9. The van der Waals surface area contributed by atoms with Crippen molar-refractivity contribution in [3.8, 4) is 0 Å². The van der Waals surface area contributed by atoms with Crippen LogP contribution in [0.25, 0.3) is 0 Å². The van der Waals surface area contributed by atoms with Gasteiger partial charge in [-0.05, 0) is 71.4 Å². The van der Waals surface area contributed by atoms with Gasteiger partial charge in [0.25, 0.3) is 0 Å². The second kappa shape index (κ2) is 8.09. The van der Waals surface area contributed by atoms with Gasteiger partial charge in [0.1, 0.15) is 11.6 Å². The van der Waals surface area contributed by atoms with Crippen molar-refractivity contribution in [2.45, 2.75) is 58.5 Å². The first-order chi connectivity index (χ1) is 12.4. The molecule has 0 radical (unpaired) electrons. The molecule has 27 heavy (non-hydrogen) atoms. The highest BCUT2D eigenvalue weighted by Gasteiger charge is 2.44. The van der Waals surface area contributed by atoms with Crippen LogP contribution in [0.2, 0.25) is 0 Å². The highest BCUT2D eigenvalue weighted by Crippen LogP contribution is 2.64. The molecule has 0 amide bonds. The third kappa shape index (κ3) is 6.73. The molecule has 0 fully saturated rings. The molecule has 1 N–H and O–H groups in total. The van der Waals surface area contributed by atoms with Gasteiger partial charge in [0.05, 0.1) is 11.2 Å². The van der Waals surface area contributed by atoms with E-state index in [9.17, 15) is 8.96 Å². The molecule has 0 saturated carbocycles. The second-order valence-corrected chi connectivity index (χ2v) is 10.2. The topological polar surface area (TPSA) is 60.5 Å². The van der Waals surface area contributed by atoms with Gasteiger partial charge in [0, 0.05) is 6.20 Å². The lowest BCUT2D eigenvalue weighted by atomic mass is 10.2. The van der Waals surface area contributed by atoms with Crippen LogP contribution in [0.3, 0.4) is 0 Å². The average molecular weight is 394 g/mol. The Bertz CT molecular complexity index is 764. The standard InChI is InChI=1S/C20H28FN2O3P/c1-19(2,3)25-27(24,26-20(4,5)6)18(15-10-12-16(21)13-11-15)23-17-9-7-8-14-22-17/h7-14,18H,1-6H3,(H,22,23)/t18-/m0/s1. The summed E-state index contributed by atoms with van der Waals surface area (Å²) in [5.41, 5.74) is -0.853. The number of rotatable bonds is 6. The summed E-state index contributed by atoms with van der Waals surface area (Å²) in [4.78, 5) is 4.25. The van der Waals surface area contributed by atoms with Crippen molar-refractivity contribution < 1.29 is 18.0 Å². The molecule has 7 heteroatoms. The summed E-state index contributed by atoms with van der Waals surface area (Å²) in [6, 6.07) is 11.1. The molecule has 5 nitrogen and oxygen atoms in total. The van der Waals surface area contributed by atoms with E-state index >= 15 is 0 Å². The molecule has 1 heterocycles. The maximum atomic E-state index is 14.0. The van der Waals surface area contributed by atoms with Gasteiger partial charge < -0.3 is 14.4 Å². The molecule has 1 aromatic heterocycles. The molecule has 0 aliphatic carbocycles. The van der Waals surface area contributed by atoms with Crippen LogP contribution in [0, 0.1) is 5.82 Å². The molecule has 148 valence electrons. The smallest absolute Gasteiger partial charge is 0.353 e. The van der Waals surface area contributed by atoms with Crippen molar-refractivity contribution >= 4 is 13.4 Å². The van der Waals surface area contributed by atoms with Crippen LogP contribution in [0.1, 0.15) is 52.9 Å². The van der Waals surface area contributed by atoms with Crippen LogP contribution in [-0.4, -0.2) is 16.2 Å². The minimum Gasteiger partial charge on any atom is -0.353 e. The molecule has 0 aliphatic rings. The number of benzene rings is 1. The molecule has 2 rings (SSSR count). The Morgan fingerprint density at radius 2 is 1.52 bits per heavy atom. The molecule has 0 aliphatic heterocycles. The average Bonchev–Trinajstić information content (AvgIpc) is 2.51. The van der Waals surface area contributed by atoms with Crippen molar-refractivity contribution in [1.82, 2.24) is 4.98 Å². The van der Waals surface area contributed by atoms with E-state index < -0.39 is 24.6 Å². The largest absolute Gasteiger partial charge is 0.358 e. The van der Waals surface area contributed by atoms with Gasteiger partial charge in [0.15, 0.2) is 5.78 Å².